The van der Waals surface area contributed by atoms with E-state index in [0.717, 1.165) is 5.75 Å². The van der Waals surface area contributed by atoms with Crippen LogP contribution in [0.5, 0.6) is 0 Å². The number of amides is 5. The second-order valence-electron chi connectivity index (χ2n) is 7.41. The van der Waals surface area contributed by atoms with E-state index in [1.807, 2.05) is 6.92 Å². The Bertz CT molecular complexity index is 739. The second-order valence-corrected chi connectivity index (χ2v) is 10.1. The summed E-state index contributed by atoms with van der Waals surface area (Å²) in [6.45, 7) is 3.25. The third-order valence-corrected chi connectivity index (χ3v) is 7.62. The Hall–Kier alpha value is -1.67. The summed E-state index contributed by atoms with van der Waals surface area (Å²) < 4.78 is 10.9. The van der Waals surface area contributed by atoms with Crippen LogP contribution >= 0.6 is 23.5 Å². The molecule has 0 aromatic heterocycles. The van der Waals surface area contributed by atoms with Gasteiger partial charge in [-0.3, -0.25) is 33.8 Å². The number of hydrogen-bond donors (Lipinski definition) is 2. The molecular weight excluding hydrogens is 472 g/mol. The average Bonchev–Trinajstić information content (AvgIpc) is 3.19. The van der Waals surface area contributed by atoms with Gasteiger partial charge in [0.2, 0.25) is 29.5 Å². The molecule has 11 nitrogen and oxygen atoms in total. The zero-order chi connectivity index (χ0) is 24.4. The lowest BCUT2D eigenvalue weighted by Gasteiger charge is -2.17. The van der Waals surface area contributed by atoms with E-state index in [1.54, 1.807) is 7.05 Å². The van der Waals surface area contributed by atoms with Gasteiger partial charge in [-0.25, -0.2) is 0 Å². The summed E-state index contributed by atoms with van der Waals surface area (Å²) >= 11 is 2.71. The highest BCUT2D eigenvalue weighted by atomic mass is 32.2. The smallest absolute Gasteiger partial charge is 0.242 e. The highest BCUT2D eigenvalue weighted by Crippen LogP contribution is 2.26. The molecule has 3 atom stereocenters. The van der Waals surface area contributed by atoms with E-state index in [4.69, 9.17) is 15.2 Å². The third-order valence-electron chi connectivity index (χ3n) is 5.22. The molecule has 0 aliphatic carbocycles. The molecule has 0 saturated carbocycles. The quantitative estimate of drug-likeness (QED) is 0.195. The highest BCUT2D eigenvalue weighted by Gasteiger charge is 2.39. The molecule has 33 heavy (non-hydrogen) atoms. The van der Waals surface area contributed by atoms with Crippen molar-refractivity contribution in [1.82, 2.24) is 15.1 Å². The van der Waals surface area contributed by atoms with Crippen molar-refractivity contribution >= 4 is 53.1 Å². The Labute approximate surface area is 201 Å². The van der Waals surface area contributed by atoms with Crippen LogP contribution in [-0.4, -0.2) is 114 Å². The number of hydrogen-bond acceptors (Lipinski definition) is 10. The maximum Gasteiger partial charge on any atom is 0.242 e. The lowest BCUT2D eigenvalue weighted by molar-refractivity contribution is -0.141. The van der Waals surface area contributed by atoms with Gasteiger partial charge in [-0.1, -0.05) is 6.92 Å². The molecule has 2 rings (SSSR count). The van der Waals surface area contributed by atoms with Gasteiger partial charge in [0.05, 0.1) is 56.1 Å². The van der Waals surface area contributed by atoms with Crippen LogP contribution in [0.4, 0.5) is 0 Å². The molecule has 0 bridgehead atoms. The Kier molecular flexibility index (Phi) is 11.6. The summed E-state index contributed by atoms with van der Waals surface area (Å²) in [4.78, 5) is 62.3. The molecule has 5 amide bonds. The van der Waals surface area contributed by atoms with Crippen LogP contribution in [0.1, 0.15) is 19.8 Å². The average molecular weight is 505 g/mol. The van der Waals surface area contributed by atoms with Crippen molar-refractivity contribution in [2.45, 2.75) is 36.3 Å². The lowest BCUT2D eigenvalue weighted by atomic mass is 10.3. The minimum Gasteiger partial charge on any atom is -0.377 e. The van der Waals surface area contributed by atoms with Crippen molar-refractivity contribution in [3.63, 3.8) is 0 Å². The van der Waals surface area contributed by atoms with E-state index in [1.165, 1.54) is 33.3 Å². The first-order chi connectivity index (χ1) is 15.8. The second kappa shape index (κ2) is 13.9. The SMILES string of the molecule is CCSC1CC(=O)N(CCOCCOCCN2C(=O)CC(SCC(NC)C(N)=O)C2=O)C1=O. The fourth-order valence-corrected chi connectivity index (χ4v) is 5.61. The molecule has 2 saturated heterocycles. The number of carbonyl (C=O) groups is 5. The fourth-order valence-electron chi connectivity index (χ4n) is 3.39. The molecular formula is C20H32N4O7S2. The molecule has 186 valence electrons. The topological polar surface area (TPSA) is 148 Å². The molecule has 13 heteroatoms. The first-order valence-corrected chi connectivity index (χ1v) is 12.9. The first kappa shape index (κ1) is 27.6. The molecule has 0 radical (unpaired) electrons. The highest BCUT2D eigenvalue weighted by molar-refractivity contribution is 8.00. The van der Waals surface area contributed by atoms with Crippen molar-refractivity contribution < 1.29 is 33.4 Å². The van der Waals surface area contributed by atoms with Crippen LogP contribution in [-0.2, 0) is 33.4 Å². The largest absolute Gasteiger partial charge is 0.377 e. The molecule has 2 aliphatic heterocycles. The summed E-state index contributed by atoms with van der Waals surface area (Å²) in [6.07, 6.45) is 0.336. The summed E-state index contributed by atoms with van der Waals surface area (Å²) in [5.74, 6) is -0.291. The Balaban J connectivity index is 1.57. The zero-order valence-electron chi connectivity index (χ0n) is 18.9. The van der Waals surface area contributed by atoms with E-state index in [9.17, 15) is 24.0 Å². The van der Waals surface area contributed by atoms with Gasteiger partial charge in [0.1, 0.15) is 0 Å². The molecule has 0 aromatic rings. The van der Waals surface area contributed by atoms with Crippen molar-refractivity contribution in [2.24, 2.45) is 5.73 Å². The monoisotopic (exact) mass is 504 g/mol. The van der Waals surface area contributed by atoms with Gasteiger partial charge in [-0.15, -0.1) is 23.5 Å². The molecule has 0 spiro atoms. The van der Waals surface area contributed by atoms with E-state index in [0.29, 0.717) is 5.75 Å². The van der Waals surface area contributed by atoms with Gasteiger partial charge in [0.25, 0.3) is 0 Å². The van der Waals surface area contributed by atoms with E-state index in [2.05, 4.69) is 5.32 Å². The minimum atomic E-state index is -0.561. The number of likely N-dealkylation sites (tertiary alicyclic amines) is 2. The number of ether oxygens (including phenoxy) is 2. The summed E-state index contributed by atoms with van der Waals surface area (Å²) in [7, 11) is 1.61. The molecule has 2 fully saturated rings. The number of nitrogens with zero attached hydrogens (tertiary/aromatic N) is 2. The van der Waals surface area contributed by atoms with Crippen LogP contribution in [0.25, 0.3) is 0 Å². The summed E-state index contributed by atoms with van der Waals surface area (Å²) in [6, 6.07) is -0.561. The number of imide groups is 2. The maximum absolute atomic E-state index is 12.4. The van der Waals surface area contributed by atoms with Crippen LogP contribution < -0.4 is 11.1 Å². The van der Waals surface area contributed by atoms with Crippen molar-refractivity contribution in [1.29, 1.82) is 0 Å². The lowest BCUT2D eigenvalue weighted by Crippen LogP contribution is -2.42. The van der Waals surface area contributed by atoms with Crippen molar-refractivity contribution in [2.75, 3.05) is 58.1 Å². The number of primary amides is 1. The summed E-state index contributed by atoms with van der Waals surface area (Å²) in [5, 5.41) is 1.97. The number of nitrogens with one attached hydrogen (secondary N) is 1. The van der Waals surface area contributed by atoms with Gasteiger partial charge in [-0.05, 0) is 12.8 Å². The predicted molar refractivity (Wildman–Crippen MR) is 125 cm³/mol. The Morgan fingerprint density at radius 2 is 1.45 bits per heavy atom. The van der Waals surface area contributed by atoms with Gasteiger partial charge in [-0.2, -0.15) is 0 Å². The van der Waals surface area contributed by atoms with E-state index >= 15 is 0 Å². The van der Waals surface area contributed by atoms with Gasteiger partial charge >= 0.3 is 0 Å². The maximum atomic E-state index is 12.4. The minimum absolute atomic E-state index is 0.0906. The number of thioether (sulfide) groups is 2. The van der Waals surface area contributed by atoms with Crippen LogP contribution in [0, 0.1) is 0 Å². The number of carbonyl (C=O) groups excluding carboxylic acids is 5. The number of rotatable bonds is 16. The predicted octanol–water partition coefficient (Wildman–Crippen LogP) is -1.17. The van der Waals surface area contributed by atoms with Crippen molar-refractivity contribution in [3.8, 4) is 0 Å². The van der Waals surface area contributed by atoms with Crippen LogP contribution in [0.15, 0.2) is 0 Å². The molecule has 3 unspecified atom stereocenters. The molecule has 0 aromatic carbocycles. The van der Waals surface area contributed by atoms with Crippen LogP contribution in [0.3, 0.4) is 0 Å². The molecule has 2 aliphatic rings. The number of likely N-dealkylation sites (N-methyl/N-ethyl adjacent to an activating group) is 1. The normalized spacial score (nSPS) is 22.0. The van der Waals surface area contributed by atoms with Crippen LogP contribution in [0.2, 0.25) is 0 Å². The Morgan fingerprint density at radius 3 is 1.88 bits per heavy atom. The standard InChI is InChI=1S/C20H32N4O7S2/c1-3-32-14-10-16(25)23(19(14)28)4-6-30-8-9-31-7-5-24-17(26)11-15(20(24)29)33-12-13(22-2)18(21)27/h13-15,22H,3-12H2,1-2H3,(H2,21,27). The van der Waals surface area contributed by atoms with E-state index < -0.39 is 17.2 Å². The van der Waals surface area contributed by atoms with Crippen molar-refractivity contribution in [3.05, 3.63) is 0 Å². The first-order valence-electron chi connectivity index (χ1n) is 10.8. The summed E-state index contributed by atoms with van der Waals surface area (Å²) in [5.41, 5.74) is 5.27. The fraction of sp³-hybridized carbons (Fsp3) is 0.750. The number of nitrogens with two attached hydrogens (primary N) is 1. The Morgan fingerprint density at radius 1 is 0.970 bits per heavy atom. The van der Waals surface area contributed by atoms with E-state index in [-0.39, 0.29) is 81.2 Å². The van der Waals surface area contributed by atoms with Gasteiger partial charge in [0.15, 0.2) is 0 Å². The van der Waals surface area contributed by atoms with Gasteiger partial charge < -0.3 is 20.5 Å². The molecule has 3 N–H and O–H groups in total. The molecule has 2 heterocycles. The zero-order valence-corrected chi connectivity index (χ0v) is 20.6. The van der Waals surface area contributed by atoms with Gasteiger partial charge in [0, 0.05) is 18.6 Å². The third kappa shape index (κ3) is 7.95.